The Hall–Kier alpha value is -3.16. The molecule has 0 bridgehead atoms. The maximum Gasteiger partial charge on any atom is 0.262 e. The molecular weight excluding hydrogens is 276 g/mol. The van der Waals surface area contributed by atoms with E-state index in [-0.39, 0.29) is 28.8 Å². The Morgan fingerprint density at radius 3 is 2.81 bits per heavy atom. The van der Waals surface area contributed by atoms with Gasteiger partial charge >= 0.3 is 0 Å². The van der Waals surface area contributed by atoms with E-state index in [4.69, 9.17) is 9.26 Å². The average Bonchev–Trinajstić information content (AvgIpc) is 2.99. The smallest absolute Gasteiger partial charge is 0.262 e. The number of aromatic nitrogens is 4. The van der Waals surface area contributed by atoms with Gasteiger partial charge in [0.15, 0.2) is 0 Å². The van der Waals surface area contributed by atoms with Gasteiger partial charge in [0.1, 0.15) is 23.5 Å². The van der Waals surface area contributed by atoms with Crippen molar-refractivity contribution in [1.29, 1.82) is 0 Å². The van der Waals surface area contributed by atoms with Crippen molar-refractivity contribution >= 4 is 0 Å². The van der Waals surface area contributed by atoms with E-state index in [1.54, 1.807) is 6.07 Å². The van der Waals surface area contributed by atoms with Gasteiger partial charge in [-0.25, -0.2) is 9.97 Å². The minimum absolute atomic E-state index is 0.0220. The summed E-state index contributed by atoms with van der Waals surface area (Å²) >= 11 is 0. The van der Waals surface area contributed by atoms with Crippen molar-refractivity contribution in [1.82, 2.24) is 20.1 Å². The molecule has 2 aromatic heterocycles. The number of aromatic hydroxyl groups is 2. The lowest BCUT2D eigenvalue weighted by atomic mass is 10.2. The lowest BCUT2D eigenvalue weighted by Gasteiger charge is -1.99. The van der Waals surface area contributed by atoms with Gasteiger partial charge in [0.25, 0.3) is 5.89 Å². The first kappa shape index (κ1) is 12.9. The maximum absolute atomic E-state index is 9.77. The second-order valence-electron chi connectivity index (χ2n) is 4.07. The standard InChI is InChI=1S/C13H10N4O4/c1-20-11-5-9(14-6-15-11)12-16-13(21-17-12)8-4-7(18)2-3-10(8)19/h2-6,18-19H,1H3. The van der Waals surface area contributed by atoms with E-state index < -0.39 is 0 Å². The summed E-state index contributed by atoms with van der Waals surface area (Å²) in [5.41, 5.74) is 0.645. The summed E-state index contributed by atoms with van der Waals surface area (Å²) < 4.78 is 10.1. The monoisotopic (exact) mass is 286 g/mol. The Balaban J connectivity index is 2.01. The van der Waals surface area contributed by atoms with E-state index in [9.17, 15) is 10.2 Å². The molecule has 106 valence electrons. The molecule has 0 unspecified atom stereocenters. The average molecular weight is 286 g/mol. The molecule has 3 aromatic rings. The number of rotatable bonds is 3. The van der Waals surface area contributed by atoms with Gasteiger partial charge in [-0.15, -0.1) is 0 Å². The topological polar surface area (TPSA) is 114 Å². The second-order valence-corrected chi connectivity index (χ2v) is 4.07. The van der Waals surface area contributed by atoms with Crippen LogP contribution in [-0.4, -0.2) is 37.4 Å². The van der Waals surface area contributed by atoms with E-state index in [1.807, 2.05) is 0 Å². The Morgan fingerprint density at radius 2 is 2.00 bits per heavy atom. The number of phenols is 2. The van der Waals surface area contributed by atoms with Crippen LogP contribution in [0.4, 0.5) is 0 Å². The van der Waals surface area contributed by atoms with Gasteiger partial charge in [-0.3, -0.25) is 0 Å². The van der Waals surface area contributed by atoms with Crippen molar-refractivity contribution in [2.45, 2.75) is 0 Å². The SMILES string of the molecule is COc1cc(-c2noc(-c3cc(O)ccc3O)n2)ncn1. The number of hydrogen-bond donors (Lipinski definition) is 2. The molecule has 0 atom stereocenters. The minimum Gasteiger partial charge on any atom is -0.508 e. The van der Waals surface area contributed by atoms with Gasteiger partial charge in [-0.05, 0) is 18.2 Å². The van der Waals surface area contributed by atoms with E-state index in [0.717, 1.165) is 0 Å². The fourth-order valence-electron chi connectivity index (χ4n) is 1.71. The van der Waals surface area contributed by atoms with Crippen molar-refractivity contribution in [3.63, 3.8) is 0 Å². The molecule has 1 aromatic carbocycles. The van der Waals surface area contributed by atoms with Crippen molar-refractivity contribution in [3.05, 3.63) is 30.6 Å². The second kappa shape index (κ2) is 5.08. The predicted molar refractivity (Wildman–Crippen MR) is 70.6 cm³/mol. The van der Waals surface area contributed by atoms with Crippen LogP contribution < -0.4 is 4.74 Å². The Kier molecular flexibility index (Phi) is 3.11. The highest BCUT2D eigenvalue weighted by Gasteiger charge is 2.16. The quantitative estimate of drug-likeness (QED) is 0.698. The molecule has 0 radical (unpaired) electrons. The van der Waals surface area contributed by atoms with E-state index in [0.29, 0.717) is 11.6 Å². The zero-order valence-corrected chi connectivity index (χ0v) is 10.9. The zero-order valence-electron chi connectivity index (χ0n) is 10.9. The third-order valence-corrected chi connectivity index (χ3v) is 2.72. The largest absolute Gasteiger partial charge is 0.508 e. The summed E-state index contributed by atoms with van der Waals surface area (Å²) in [6, 6.07) is 5.57. The van der Waals surface area contributed by atoms with Crippen molar-refractivity contribution in [3.8, 4) is 40.4 Å². The zero-order chi connectivity index (χ0) is 14.8. The molecule has 8 nitrogen and oxygen atoms in total. The van der Waals surface area contributed by atoms with Gasteiger partial charge in [-0.2, -0.15) is 4.98 Å². The van der Waals surface area contributed by atoms with E-state index >= 15 is 0 Å². The molecule has 0 fully saturated rings. The number of benzene rings is 1. The number of nitrogens with zero attached hydrogens (tertiary/aromatic N) is 4. The maximum atomic E-state index is 9.77. The summed E-state index contributed by atoms with van der Waals surface area (Å²) in [6.07, 6.45) is 1.32. The molecule has 2 N–H and O–H groups in total. The molecular formula is C13H10N4O4. The number of ether oxygens (including phenoxy) is 1. The highest BCUT2D eigenvalue weighted by molar-refractivity contribution is 5.65. The highest BCUT2D eigenvalue weighted by atomic mass is 16.5. The fraction of sp³-hybridized carbons (Fsp3) is 0.0769. The van der Waals surface area contributed by atoms with Crippen molar-refractivity contribution < 1.29 is 19.5 Å². The Labute approximate surface area is 118 Å². The molecule has 0 amide bonds. The Bertz CT molecular complexity index is 787. The molecule has 0 aliphatic rings. The molecule has 0 aliphatic heterocycles. The number of hydrogen-bond acceptors (Lipinski definition) is 8. The summed E-state index contributed by atoms with van der Waals surface area (Å²) in [6.45, 7) is 0. The highest BCUT2D eigenvalue weighted by Crippen LogP contribution is 2.32. The van der Waals surface area contributed by atoms with Crippen LogP contribution in [0.1, 0.15) is 0 Å². The van der Waals surface area contributed by atoms with Crippen molar-refractivity contribution in [2.24, 2.45) is 0 Å². The van der Waals surface area contributed by atoms with Crippen LogP contribution in [0.5, 0.6) is 17.4 Å². The lowest BCUT2D eigenvalue weighted by Crippen LogP contribution is -1.91. The van der Waals surface area contributed by atoms with Crippen LogP contribution >= 0.6 is 0 Å². The lowest BCUT2D eigenvalue weighted by molar-refractivity contribution is 0.397. The predicted octanol–water partition coefficient (Wildman–Crippen LogP) is 1.61. The van der Waals surface area contributed by atoms with Gasteiger partial charge in [0.05, 0.1) is 12.7 Å². The molecule has 0 saturated heterocycles. The molecule has 3 rings (SSSR count). The van der Waals surface area contributed by atoms with Gasteiger partial charge in [0, 0.05) is 6.07 Å². The first-order valence-corrected chi connectivity index (χ1v) is 5.90. The Morgan fingerprint density at radius 1 is 1.14 bits per heavy atom. The first-order valence-electron chi connectivity index (χ1n) is 5.90. The van der Waals surface area contributed by atoms with Crippen LogP contribution in [0.3, 0.4) is 0 Å². The molecule has 0 saturated carbocycles. The van der Waals surface area contributed by atoms with E-state index in [1.165, 1.54) is 31.6 Å². The van der Waals surface area contributed by atoms with Crippen LogP contribution in [0.2, 0.25) is 0 Å². The number of methoxy groups -OCH3 is 1. The number of phenolic OH excluding ortho intramolecular Hbond substituents is 2. The van der Waals surface area contributed by atoms with E-state index in [2.05, 4.69) is 20.1 Å². The van der Waals surface area contributed by atoms with Crippen LogP contribution in [-0.2, 0) is 0 Å². The first-order chi connectivity index (χ1) is 10.2. The molecule has 21 heavy (non-hydrogen) atoms. The van der Waals surface area contributed by atoms with Gasteiger partial charge < -0.3 is 19.5 Å². The fourth-order valence-corrected chi connectivity index (χ4v) is 1.71. The minimum atomic E-state index is -0.0803. The van der Waals surface area contributed by atoms with Crippen LogP contribution in [0, 0.1) is 0 Å². The van der Waals surface area contributed by atoms with Gasteiger partial charge in [-0.1, -0.05) is 5.16 Å². The summed E-state index contributed by atoms with van der Waals surface area (Å²) in [5.74, 6) is 0.547. The van der Waals surface area contributed by atoms with Gasteiger partial charge in [0.2, 0.25) is 11.7 Å². The molecule has 8 heteroatoms. The van der Waals surface area contributed by atoms with Crippen LogP contribution in [0.15, 0.2) is 35.1 Å². The molecule has 0 spiro atoms. The van der Waals surface area contributed by atoms with Crippen molar-refractivity contribution in [2.75, 3.05) is 7.11 Å². The summed E-state index contributed by atoms with van der Waals surface area (Å²) in [4.78, 5) is 12.0. The summed E-state index contributed by atoms with van der Waals surface area (Å²) in [5, 5.41) is 23.0. The molecule has 2 heterocycles. The molecule has 0 aliphatic carbocycles. The summed E-state index contributed by atoms with van der Waals surface area (Å²) in [7, 11) is 1.48. The third kappa shape index (κ3) is 2.46. The third-order valence-electron chi connectivity index (χ3n) is 2.72. The van der Waals surface area contributed by atoms with Crippen LogP contribution in [0.25, 0.3) is 23.0 Å². The normalized spacial score (nSPS) is 10.5.